The quantitative estimate of drug-likeness (QED) is 0.540. The molecular formula is C18H23ClN2S. The van der Waals surface area contributed by atoms with Crippen molar-refractivity contribution in [2.75, 3.05) is 12.3 Å². The minimum Gasteiger partial charge on any atom is -0.398 e. The maximum absolute atomic E-state index is 6.00. The molecule has 0 aliphatic carbocycles. The molecule has 0 saturated carbocycles. The summed E-state index contributed by atoms with van der Waals surface area (Å²) in [5, 5.41) is 2.78. The monoisotopic (exact) mass is 334 g/mol. The van der Waals surface area contributed by atoms with E-state index in [9.17, 15) is 0 Å². The Morgan fingerprint density at radius 2 is 1.50 bits per heavy atom. The van der Waals surface area contributed by atoms with E-state index in [4.69, 9.17) is 23.1 Å². The lowest BCUT2D eigenvalue weighted by Crippen LogP contribution is -1.87. The smallest absolute Gasteiger partial charge is 0.0713 e. The molecule has 0 spiro atoms. The number of rotatable bonds is 0. The molecule has 0 atom stereocenters. The number of thiophene rings is 1. The molecule has 1 heterocycles. The second kappa shape index (κ2) is 9.46. The predicted molar refractivity (Wildman–Crippen MR) is 102 cm³/mol. The average Bonchev–Trinajstić information content (AvgIpc) is 2.88. The van der Waals surface area contributed by atoms with Crippen molar-refractivity contribution < 1.29 is 0 Å². The highest BCUT2D eigenvalue weighted by molar-refractivity contribution is 7.11. The van der Waals surface area contributed by atoms with Crippen LogP contribution in [0.3, 0.4) is 0 Å². The largest absolute Gasteiger partial charge is 0.398 e. The standard InChI is InChI=1S/C10H8ClN.C6H8S.C2H7N/c11-10-8-4-2-1-3-7(8)5-6-9(10)12;1-5-3-4-6(2)7-5;1-2-3/h1-6H,12H2;3-4H,1-2H3;2-3H2,1H3. The third-order valence-electron chi connectivity index (χ3n) is 2.77. The Hall–Kier alpha value is -1.55. The molecule has 4 N–H and O–H groups in total. The molecule has 3 aromatic rings. The lowest BCUT2D eigenvalue weighted by Gasteiger charge is -2.02. The van der Waals surface area contributed by atoms with Crippen LogP contribution in [0, 0.1) is 13.8 Å². The van der Waals surface area contributed by atoms with E-state index in [1.807, 2.05) is 54.7 Å². The zero-order valence-electron chi connectivity index (χ0n) is 13.3. The first-order chi connectivity index (χ1) is 10.5. The minimum atomic E-state index is 0.635. The van der Waals surface area contributed by atoms with Crippen molar-refractivity contribution in [1.82, 2.24) is 0 Å². The number of hydrogen-bond donors (Lipinski definition) is 2. The van der Waals surface area contributed by atoms with E-state index in [1.165, 1.54) is 9.75 Å². The van der Waals surface area contributed by atoms with Crippen molar-refractivity contribution in [2.24, 2.45) is 5.73 Å². The summed E-state index contributed by atoms with van der Waals surface area (Å²) in [4.78, 5) is 2.80. The molecule has 2 nitrogen and oxygen atoms in total. The molecule has 2 aromatic carbocycles. The number of fused-ring (bicyclic) bond motifs is 1. The van der Waals surface area contributed by atoms with E-state index in [-0.39, 0.29) is 0 Å². The number of nitrogen functional groups attached to an aromatic ring is 1. The van der Waals surface area contributed by atoms with Crippen LogP contribution in [0.2, 0.25) is 5.02 Å². The van der Waals surface area contributed by atoms with Gasteiger partial charge in [0.05, 0.1) is 10.7 Å². The van der Waals surface area contributed by atoms with E-state index in [2.05, 4.69) is 26.0 Å². The molecule has 0 radical (unpaired) electrons. The Kier molecular flexibility index (Phi) is 7.96. The van der Waals surface area contributed by atoms with Crippen LogP contribution in [-0.4, -0.2) is 6.54 Å². The Balaban J connectivity index is 0.000000206. The summed E-state index contributed by atoms with van der Waals surface area (Å²) in [6, 6.07) is 16.0. The van der Waals surface area contributed by atoms with Gasteiger partial charge in [0.1, 0.15) is 0 Å². The molecular weight excluding hydrogens is 312 g/mol. The Labute approximate surface area is 141 Å². The van der Waals surface area contributed by atoms with Crippen molar-refractivity contribution in [3.63, 3.8) is 0 Å². The van der Waals surface area contributed by atoms with Crippen molar-refractivity contribution in [1.29, 1.82) is 0 Å². The summed E-state index contributed by atoms with van der Waals surface area (Å²) in [7, 11) is 0. The van der Waals surface area contributed by atoms with Crippen LogP contribution in [0.5, 0.6) is 0 Å². The summed E-state index contributed by atoms with van der Waals surface area (Å²) in [5.74, 6) is 0. The number of halogens is 1. The third kappa shape index (κ3) is 5.68. The summed E-state index contributed by atoms with van der Waals surface area (Å²) in [5.41, 5.74) is 11.1. The topological polar surface area (TPSA) is 52.0 Å². The highest BCUT2D eigenvalue weighted by atomic mass is 35.5. The molecule has 0 fully saturated rings. The highest BCUT2D eigenvalue weighted by Crippen LogP contribution is 2.28. The summed E-state index contributed by atoms with van der Waals surface area (Å²) in [6.45, 7) is 6.90. The molecule has 0 aliphatic heterocycles. The van der Waals surface area contributed by atoms with Crippen LogP contribution >= 0.6 is 22.9 Å². The van der Waals surface area contributed by atoms with Gasteiger partial charge in [0.15, 0.2) is 0 Å². The van der Waals surface area contributed by atoms with Crippen LogP contribution in [0.15, 0.2) is 48.5 Å². The summed E-state index contributed by atoms with van der Waals surface area (Å²) in [6.07, 6.45) is 0. The fraction of sp³-hybridized carbons (Fsp3) is 0.222. The van der Waals surface area contributed by atoms with E-state index >= 15 is 0 Å². The first-order valence-corrected chi connectivity index (χ1v) is 8.34. The SMILES string of the molecule is CCN.Cc1ccc(C)s1.Nc1ccc2ccccc2c1Cl. The lowest BCUT2D eigenvalue weighted by atomic mass is 10.1. The van der Waals surface area contributed by atoms with Crippen molar-refractivity contribution >= 4 is 39.4 Å². The molecule has 3 rings (SSSR count). The number of aryl methyl sites for hydroxylation is 2. The Morgan fingerprint density at radius 1 is 0.955 bits per heavy atom. The van der Waals surface area contributed by atoms with Crippen molar-refractivity contribution in [3.8, 4) is 0 Å². The molecule has 118 valence electrons. The van der Waals surface area contributed by atoms with E-state index in [1.54, 1.807) is 0 Å². The average molecular weight is 335 g/mol. The van der Waals surface area contributed by atoms with Gasteiger partial charge in [-0.3, -0.25) is 0 Å². The maximum atomic E-state index is 6.00. The van der Waals surface area contributed by atoms with Crippen LogP contribution < -0.4 is 11.5 Å². The van der Waals surface area contributed by atoms with Crippen LogP contribution in [0.4, 0.5) is 5.69 Å². The summed E-state index contributed by atoms with van der Waals surface area (Å²) >= 11 is 7.84. The Bertz CT molecular complexity index is 691. The van der Waals surface area contributed by atoms with Crippen molar-refractivity contribution in [3.05, 3.63) is 63.3 Å². The van der Waals surface area contributed by atoms with Gasteiger partial charge in [-0.25, -0.2) is 0 Å². The number of benzene rings is 2. The number of nitrogens with two attached hydrogens (primary N) is 2. The fourth-order valence-corrected chi connectivity index (χ4v) is 2.82. The van der Waals surface area contributed by atoms with Gasteiger partial charge in [0.25, 0.3) is 0 Å². The van der Waals surface area contributed by atoms with Gasteiger partial charge in [-0.05, 0) is 44.0 Å². The van der Waals surface area contributed by atoms with Crippen LogP contribution in [-0.2, 0) is 0 Å². The number of hydrogen-bond acceptors (Lipinski definition) is 3. The molecule has 1 aromatic heterocycles. The Morgan fingerprint density at radius 3 is 2.00 bits per heavy atom. The predicted octanol–water partition coefficient (Wildman–Crippen LogP) is 5.41. The van der Waals surface area contributed by atoms with Gasteiger partial charge < -0.3 is 11.5 Å². The fourth-order valence-electron chi connectivity index (χ4n) is 1.81. The van der Waals surface area contributed by atoms with E-state index in [0.29, 0.717) is 10.7 Å². The van der Waals surface area contributed by atoms with Gasteiger partial charge in [-0.15, -0.1) is 11.3 Å². The number of anilines is 1. The van der Waals surface area contributed by atoms with E-state index < -0.39 is 0 Å². The molecule has 0 amide bonds. The first kappa shape index (κ1) is 18.5. The van der Waals surface area contributed by atoms with Crippen LogP contribution in [0.1, 0.15) is 16.7 Å². The van der Waals surface area contributed by atoms with Gasteiger partial charge in [0, 0.05) is 15.1 Å². The molecule has 22 heavy (non-hydrogen) atoms. The second-order valence-electron chi connectivity index (χ2n) is 4.75. The van der Waals surface area contributed by atoms with Crippen LogP contribution in [0.25, 0.3) is 10.8 Å². The van der Waals surface area contributed by atoms with E-state index in [0.717, 1.165) is 17.3 Å². The van der Waals surface area contributed by atoms with Gasteiger partial charge >= 0.3 is 0 Å². The second-order valence-corrected chi connectivity index (χ2v) is 6.62. The third-order valence-corrected chi connectivity index (χ3v) is 4.11. The molecule has 0 unspecified atom stereocenters. The highest BCUT2D eigenvalue weighted by Gasteiger charge is 2.00. The van der Waals surface area contributed by atoms with Gasteiger partial charge in [-0.2, -0.15) is 0 Å². The van der Waals surface area contributed by atoms with Crippen molar-refractivity contribution in [2.45, 2.75) is 20.8 Å². The first-order valence-electron chi connectivity index (χ1n) is 7.15. The molecule has 0 bridgehead atoms. The molecule has 0 saturated heterocycles. The zero-order chi connectivity index (χ0) is 16.5. The summed E-state index contributed by atoms with van der Waals surface area (Å²) < 4.78 is 0. The lowest BCUT2D eigenvalue weighted by molar-refractivity contribution is 1.14. The molecule has 0 aliphatic rings. The molecule has 4 heteroatoms. The maximum Gasteiger partial charge on any atom is 0.0713 e. The van der Waals surface area contributed by atoms with Gasteiger partial charge in [-0.1, -0.05) is 48.9 Å². The zero-order valence-corrected chi connectivity index (χ0v) is 14.8. The normalized spacial score (nSPS) is 9.50. The van der Waals surface area contributed by atoms with Gasteiger partial charge in [0.2, 0.25) is 0 Å². The minimum absolute atomic E-state index is 0.635.